The first-order chi connectivity index (χ1) is 9.67. The van der Waals surface area contributed by atoms with Crippen LogP contribution < -0.4 is 5.43 Å². The lowest BCUT2D eigenvalue weighted by atomic mass is 10.1. The first-order valence-electron chi connectivity index (χ1n) is 6.62. The van der Waals surface area contributed by atoms with Crippen LogP contribution in [0.4, 0.5) is 0 Å². The van der Waals surface area contributed by atoms with Gasteiger partial charge in [0.15, 0.2) is 5.43 Å². The molecule has 0 aliphatic carbocycles. The van der Waals surface area contributed by atoms with Crippen molar-refractivity contribution in [2.45, 2.75) is 13.5 Å². The number of fused-ring (bicyclic) bond motifs is 1. The SMILES string of the molecule is Cc1oc2ccccc2c(=O)c1CN(CCO)CCO. The van der Waals surface area contributed by atoms with E-state index in [9.17, 15) is 4.79 Å². The van der Waals surface area contributed by atoms with Crippen LogP contribution in [-0.2, 0) is 6.54 Å². The zero-order valence-corrected chi connectivity index (χ0v) is 11.5. The molecule has 5 nitrogen and oxygen atoms in total. The molecule has 1 aromatic carbocycles. The fourth-order valence-corrected chi connectivity index (χ4v) is 2.25. The minimum Gasteiger partial charge on any atom is -0.461 e. The molecule has 0 radical (unpaired) electrons. The average Bonchev–Trinajstić information content (AvgIpc) is 2.44. The zero-order valence-electron chi connectivity index (χ0n) is 11.5. The van der Waals surface area contributed by atoms with Crippen LogP contribution in [0.1, 0.15) is 11.3 Å². The second-order valence-electron chi connectivity index (χ2n) is 4.69. The molecular weight excluding hydrogens is 258 g/mol. The summed E-state index contributed by atoms with van der Waals surface area (Å²) in [5.41, 5.74) is 1.10. The van der Waals surface area contributed by atoms with Crippen LogP contribution in [-0.4, -0.2) is 41.4 Å². The fourth-order valence-electron chi connectivity index (χ4n) is 2.25. The molecule has 20 heavy (non-hydrogen) atoms. The highest BCUT2D eigenvalue weighted by molar-refractivity contribution is 5.77. The molecule has 0 bridgehead atoms. The maximum atomic E-state index is 12.5. The van der Waals surface area contributed by atoms with Gasteiger partial charge in [-0.3, -0.25) is 9.69 Å². The Kier molecular flexibility index (Phi) is 4.89. The molecule has 0 aliphatic heterocycles. The Balaban J connectivity index is 2.40. The van der Waals surface area contributed by atoms with E-state index in [0.29, 0.717) is 41.9 Å². The van der Waals surface area contributed by atoms with Gasteiger partial charge in [0, 0.05) is 19.6 Å². The molecule has 1 aromatic heterocycles. The molecule has 0 aliphatic rings. The van der Waals surface area contributed by atoms with Crippen molar-refractivity contribution >= 4 is 11.0 Å². The lowest BCUT2D eigenvalue weighted by Gasteiger charge is -2.20. The summed E-state index contributed by atoms with van der Waals surface area (Å²) >= 11 is 0. The molecule has 0 amide bonds. The summed E-state index contributed by atoms with van der Waals surface area (Å²) in [5.74, 6) is 0.578. The monoisotopic (exact) mass is 277 g/mol. The van der Waals surface area contributed by atoms with Crippen LogP contribution in [0.3, 0.4) is 0 Å². The van der Waals surface area contributed by atoms with Gasteiger partial charge < -0.3 is 14.6 Å². The number of aryl methyl sites for hydroxylation is 1. The third-order valence-corrected chi connectivity index (χ3v) is 3.31. The molecular formula is C15H19NO4. The number of nitrogens with zero attached hydrogens (tertiary/aromatic N) is 1. The van der Waals surface area contributed by atoms with Gasteiger partial charge in [0.25, 0.3) is 0 Å². The Morgan fingerprint density at radius 1 is 1.15 bits per heavy atom. The van der Waals surface area contributed by atoms with E-state index >= 15 is 0 Å². The highest BCUT2D eigenvalue weighted by Gasteiger charge is 2.14. The molecule has 2 aromatic rings. The van der Waals surface area contributed by atoms with E-state index < -0.39 is 0 Å². The molecule has 0 unspecified atom stereocenters. The predicted octanol–water partition coefficient (Wildman–Crippen LogP) is 0.888. The van der Waals surface area contributed by atoms with Gasteiger partial charge in [-0.25, -0.2) is 0 Å². The smallest absolute Gasteiger partial charge is 0.197 e. The highest BCUT2D eigenvalue weighted by atomic mass is 16.3. The minimum absolute atomic E-state index is 0.0159. The Morgan fingerprint density at radius 2 is 1.80 bits per heavy atom. The molecule has 2 rings (SSSR count). The van der Waals surface area contributed by atoms with Crippen molar-refractivity contribution in [2.24, 2.45) is 0 Å². The van der Waals surface area contributed by atoms with Crippen LogP contribution in [0.5, 0.6) is 0 Å². The molecule has 0 atom stereocenters. The number of hydrogen-bond acceptors (Lipinski definition) is 5. The van der Waals surface area contributed by atoms with Gasteiger partial charge in [-0.05, 0) is 19.1 Å². The minimum atomic E-state index is -0.0507. The Bertz CT molecular complexity index is 629. The summed E-state index contributed by atoms with van der Waals surface area (Å²) in [6.07, 6.45) is 0. The molecule has 108 valence electrons. The molecule has 0 spiro atoms. The van der Waals surface area contributed by atoms with Gasteiger partial charge in [-0.1, -0.05) is 12.1 Å². The number of aliphatic hydroxyl groups is 2. The maximum Gasteiger partial charge on any atom is 0.197 e. The number of para-hydroxylation sites is 1. The van der Waals surface area contributed by atoms with Crippen molar-refractivity contribution < 1.29 is 14.6 Å². The Morgan fingerprint density at radius 3 is 2.45 bits per heavy atom. The van der Waals surface area contributed by atoms with E-state index in [1.807, 2.05) is 11.0 Å². The van der Waals surface area contributed by atoms with E-state index in [0.717, 1.165) is 0 Å². The van der Waals surface area contributed by atoms with Crippen molar-refractivity contribution in [1.82, 2.24) is 4.90 Å². The lowest BCUT2D eigenvalue weighted by molar-refractivity contribution is 0.154. The van der Waals surface area contributed by atoms with Crippen molar-refractivity contribution in [3.05, 3.63) is 45.8 Å². The summed E-state index contributed by atoms with van der Waals surface area (Å²) in [5, 5.41) is 18.6. The second-order valence-corrected chi connectivity index (χ2v) is 4.69. The van der Waals surface area contributed by atoms with Gasteiger partial charge in [0.1, 0.15) is 11.3 Å². The lowest BCUT2D eigenvalue weighted by Crippen LogP contribution is -2.32. The van der Waals surface area contributed by atoms with E-state index in [-0.39, 0.29) is 18.6 Å². The normalized spacial score (nSPS) is 11.4. The molecule has 0 saturated carbocycles. The van der Waals surface area contributed by atoms with E-state index in [4.69, 9.17) is 14.6 Å². The van der Waals surface area contributed by atoms with Crippen molar-refractivity contribution in [2.75, 3.05) is 26.3 Å². The Labute approximate surface area is 117 Å². The summed E-state index contributed by atoms with van der Waals surface area (Å²) < 4.78 is 5.68. The van der Waals surface area contributed by atoms with E-state index in [1.165, 1.54) is 0 Å². The van der Waals surface area contributed by atoms with Crippen molar-refractivity contribution in [3.8, 4) is 0 Å². The van der Waals surface area contributed by atoms with Crippen LogP contribution in [0, 0.1) is 6.92 Å². The highest BCUT2D eigenvalue weighted by Crippen LogP contribution is 2.16. The van der Waals surface area contributed by atoms with Gasteiger partial charge in [0.2, 0.25) is 0 Å². The quantitative estimate of drug-likeness (QED) is 0.820. The number of rotatable bonds is 6. The summed E-state index contributed by atoms with van der Waals surface area (Å²) in [7, 11) is 0. The summed E-state index contributed by atoms with van der Waals surface area (Å²) in [6.45, 7) is 2.91. The number of benzene rings is 1. The topological polar surface area (TPSA) is 73.9 Å². The second kappa shape index (κ2) is 6.65. The van der Waals surface area contributed by atoms with Crippen LogP contribution in [0.15, 0.2) is 33.5 Å². The maximum absolute atomic E-state index is 12.5. The molecule has 2 N–H and O–H groups in total. The van der Waals surface area contributed by atoms with E-state index in [2.05, 4.69) is 0 Å². The standard InChI is InChI=1S/C15H19NO4/c1-11-13(10-16(6-8-17)7-9-18)15(19)12-4-2-3-5-14(12)20-11/h2-5,17-18H,6-10H2,1H3. The first-order valence-corrected chi connectivity index (χ1v) is 6.62. The summed E-state index contributed by atoms with van der Waals surface area (Å²) in [4.78, 5) is 14.3. The van der Waals surface area contributed by atoms with Crippen molar-refractivity contribution in [1.29, 1.82) is 0 Å². The Hall–Kier alpha value is -1.69. The summed E-state index contributed by atoms with van der Waals surface area (Å²) in [6, 6.07) is 7.14. The van der Waals surface area contributed by atoms with Crippen LogP contribution in [0.25, 0.3) is 11.0 Å². The third kappa shape index (κ3) is 3.07. The third-order valence-electron chi connectivity index (χ3n) is 3.31. The molecule has 5 heteroatoms. The molecule has 0 fully saturated rings. The largest absolute Gasteiger partial charge is 0.461 e. The van der Waals surface area contributed by atoms with Gasteiger partial charge in [-0.15, -0.1) is 0 Å². The van der Waals surface area contributed by atoms with Crippen LogP contribution in [0.2, 0.25) is 0 Å². The first kappa shape index (κ1) is 14.7. The van der Waals surface area contributed by atoms with Crippen molar-refractivity contribution in [3.63, 3.8) is 0 Å². The predicted molar refractivity (Wildman–Crippen MR) is 76.7 cm³/mol. The van der Waals surface area contributed by atoms with E-state index in [1.54, 1.807) is 25.1 Å². The van der Waals surface area contributed by atoms with Crippen LogP contribution >= 0.6 is 0 Å². The van der Waals surface area contributed by atoms with Gasteiger partial charge in [0.05, 0.1) is 24.2 Å². The van der Waals surface area contributed by atoms with Gasteiger partial charge in [-0.2, -0.15) is 0 Å². The van der Waals surface area contributed by atoms with Gasteiger partial charge >= 0.3 is 0 Å². The molecule has 1 heterocycles. The average molecular weight is 277 g/mol. The zero-order chi connectivity index (χ0) is 14.5. The number of hydrogen-bond donors (Lipinski definition) is 2. The number of aliphatic hydroxyl groups excluding tert-OH is 2. The fraction of sp³-hybridized carbons (Fsp3) is 0.400. The molecule has 0 saturated heterocycles.